The molecule has 1 aromatic heterocycles. The fourth-order valence-corrected chi connectivity index (χ4v) is 3.60. The molecule has 0 radical (unpaired) electrons. The lowest BCUT2D eigenvalue weighted by atomic mass is 10.0. The van der Waals surface area contributed by atoms with Crippen LogP contribution in [0.15, 0.2) is 58.5 Å². The number of para-hydroxylation sites is 1. The normalized spacial score (nSPS) is 16.2. The van der Waals surface area contributed by atoms with Gasteiger partial charge in [0.15, 0.2) is 0 Å². The molecule has 1 aliphatic heterocycles. The molecule has 0 atom stereocenters. The van der Waals surface area contributed by atoms with Crippen molar-refractivity contribution in [1.82, 2.24) is 4.98 Å². The van der Waals surface area contributed by atoms with E-state index in [9.17, 15) is 0 Å². The number of thiazole rings is 1. The van der Waals surface area contributed by atoms with Crippen LogP contribution in [0, 0.1) is 0 Å². The molecule has 0 fully saturated rings. The summed E-state index contributed by atoms with van der Waals surface area (Å²) in [5, 5.41) is 0.550. The first-order valence-electron chi connectivity index (χ1n) is 8.46. The van der Waals surface area contributed by atoms with E-state index in [-0.39, 0.29) is 11.6 Å². The van der Waals surface area contributed by atoms with E-state index in [4.69, 9.17) is 16.2 Å². The van der Waals surface area contributed by atoms with Gasteiger partial charge >= 0.3 is 0 Å². The molecule has 0 saturated heterocycles. The average molecular weight is 377 g/mol. The number of ether oxygens (including phenoxy) is 1. The van der Waals surface area contributed by atoms with Crippen LogP contribution in [0.25, 0.3) is 16.3 Å². The van der Waals surface area contributed by atoms with Gasteiger partial charge in [-0.1, -0.05) is 29.5 Å². The Hall–Kier alpha value is -3.19. The van der Waals surface area contributed by atoms with E-state index in [0.717, 1.165) is 27.1 Å². The summed E-state index contributed by atoms with van der Waals surface area (Å²) in [5.74, 6) is 1.17. The molecule has 6 nitrogen and oxygen atoms in total. The summed E-state index contributed by atoms with van der Waals surface area (Å²) in [5.41, 5.74) is 14.3. The smallest absolute Gasteiger partial charge is 0.224 e. The Morgan fingerprint density at radius 3 is 2.78 bits per heavy atom. The summed E-state index contributed by atoms with van der Waals surface area (Å²) in [6.45, 7) is 4.02. The van der Waals surface area contributed by atoms with Crippen molar-refractivity contribution < 1.29 is 4.74 Å². The van der Waals surface area contributed by atoms with Crippen LogP contribution in [-0.4, -0.2) is 22.4 Å². The van der Waals surface area contributed by atoms with Crippen molar-refractivity contribution >= 4 is 44.6 Å². The molecule has 1 aliphatic rings. The zero-order valence-corrected chi connectivity index (χ0v) is 15.8. The molecule has 0 bridgehead atoms. The van der Waals surface area contributed by atoms with E-state index in [1.165, 1.54) is 11.3 Å². The third kappa shape index (κ3) is 3.68. The van der Waals surface area contributed by atoms with Crippen molar-refractivity contribution in [3.05, 3.63) is 59.7 Å². The number of benzene rings is 2. The molecular formula is C20H19N5OS. The maximum atomic E-state index is 6.12. The molecule has 136 valence electrons. The molecule has 4 N–H and O–H groups in total. The Morgan fingerprint density at radius 1 is 1.15 bits per heavy atom. The van der Waals surface area contributed by atoms with E-state index in [2.05, 4.69) is 15.0 Å². The lowest BCUT2D eigenvalue weighted by Gasteiger charge is -2.28. The summed E-state index contributed by atoms with van der Waals surface area (Å²) in [6.07, 6.45) is 4.03. The van der Waals surface area contributed by atoms with Gasteiger partial charge in [0.1, 0.15) is 17.2 Å². The van der Waals surface area contributed by atoms with Gasteiger partial charge in [-0.25, -0.2) is 4.98 Å². The van der Waals surface area contributed by atoms with Crippen LogP contribution < -0.4 is 16.2 Å². The van der Waals surface area contributed by atoms with Gasteiger partial charge in [0.05, 0.1) is 10.2 Å². The third-order valence-corrected chi connectivity index (χ3v) is 5.00. The van der Waals surface area contributed by atoms with Gasteiger partial charge in [-0.2, -0.15) is 9.98 Å². The first-order chi connectivity index (χ1) is 12.9. The Labute approximate surface area is 160 Å². The van der Waals surface area contributed by atoms with Gasteiger partial charge in [-0.15, -0.1) is 0 Å². The molecule has 27 heavy (non-hydrogen) atoms. The third-order valence-electron chi connectivity index (χ3n) is 4.07. The van der Waals surface area contributed by atoms with Gasteiger partial charge in [-0.05, 0) is 50.3 Å². The average Bonchev–Trinajstić information content (AvgIpc) is 3.02. The number of hydrogen-bond acceptors (Lipinski definition) is 4. The highest BCUT2D eigenvalue weighted by molar-refractivity contribution is 7.22. The van der Waals surface area contributed by atoms with E-state index in [1.54, 1.807) is 0 Å². The Morgan fingerprint density at radius 2 is 1.96 bits per heavy atom. The fourth-order valence-electron chi connectivity index (χ4n) is 2.76. The number of nitrogens with two attached hydrogens (primary N) is 2. The van der Waals surface area contributed by atoms with Crippen LogP contribution in [0.4, 0.5) is 5.13 Å². The fraction of sp³-hybridized carbons (Fsp3) is 0.150. The van der Waals surface area contributed by atoms with Crippen molar-refractivity contribution in [3.63, 3.8) is 0 Å². The van der Waals surface area contributed by atoms with Gasteiger partial charge in [-0.3, -0.25) is 0 Å². The maximum Gasteiger partial charge on any atom is 0.224 e. The predicted molar refractivity (Wildman–Crippen MR) is 112 cm³/mol. The van der Waals surface area contributed by atoms with Crippen molar-refractivity contribution in [1.29, 1.82) is 0 Å². The molecule has 0 saturated carbocycles. The lowest BCUT2D eigenvalue weighted by Crippen LogP contribution is -2.27. The molecule has 3 aromatic rings. The number of hydrogen-bond donors (Lipinski definition) is 2. The predicted octanol–water partition coefficient (Wildman–Crippen LogP) is 3.83. The molecule has 0 unspecified atom stereocenters. The monoisotopic (exact) mass is 377 g/mol. The van der Waals surface area contributed by atoms with Crippen molar-refractivity contribution in [3.8, 4) is 5.75 Å². The second-order valence-electron chi connectivity index (χ2n) is 6.72. The molecular weight excluding hydrogens is 358 g/mol. The Kier molecular flexibility index (Phi) is 4.16. The molecule has 7 heteroatoms. The number of aliphatic imine (C=N–C) groups is 2. The van der Waals surface area contributed by atoms with Crippen LogP contribution in [0.3, 0.4) is 0 Å². The molecule has 2 heterocycles. The van der Waals surface area contributed by atoms with E-state index >= 15 is 0 Å². The summed E-state index contributed by atoms with van der Waals surface area (Å²) < 4.78 is 6.97. The van der Waals surface area contributed by atoms with Gasteiger partial charge < -0.3 is 16.2 Å². The first kappa shape index (κ1) is 17.2. The number of aromatic nitrogens is 1. The second kappa shape index (κ2) is 6.51. The van der Waals surface area contributed by atoms with E-state index < -0.39 is 0 Å². The minimum absolute atomic E-state index is 0.0669. The number of rotatable bonds is 2. The second-order valence-corrected chi connectivity index (χ2v) is 7.73. The van der Waals surface area contributed by atoms with Crippen LogP contribution in [0.2, 0.25) is 0 Å². The highest BCUT2D eigenvalue weighted by Gasteiger charge is 2.21. The van der Waals surface area contributed by atoms with Crippen molar-refractivity contribution in [2.75, 3.05) is 0 Å². The standard InChI is InChI=1S/C20H19N5OS/c1-20(2)10-9-12-11-13(7-8-15(12)26-20)17(21)24-18(22)25-19-23-14-5-3-4-6-16(14)27-19/h3-11H,1-2H3,(H4,21,22,23,24,25). The van der Waals surface area contributed by atoms with Crippen molar-refractivity contribution in [2.45, 2.75) is 19.4 Å². The minimum atomic E-state index is -0.317. The maximum absolute atomic E-state index is 6.12. The van der Waals surface area contributed by atoms with Crippen LogP contribution in [0.5, 0.6) is 5.75 Å². The first-order valence-corrected chi connectivity index (χ1v) is 9.28. The Balaban J connectivity index is 1.60. The zero-order chi connectivity index (χ0) is 19.0. The highest BCUT2D eigenvalue weighted by atomic mass is 32.1. The number of fused-ring (bicyclic) bond motifs is 2. The number of guanidine groups is 1. The molecule has 0 amide bonds. The molecule has 0 spiro atoms. The van der Waals surface area contributed by atoms with E-state index in [0.29, 0.717) is 11.0 Å². The summed E-state index contributed by atoms with van der Waals surface area (Å²) in [4.78, 5) is 12.9. The topological polar surface area (TPSA) is 98.9 Å². The Bertz CT molecular complexity index is 1080. The summed E-state index contributed by atoms with van der Waals surface area (Å²) >= 11 is 1.45. The number of nitrogens with zero attached hydrogens (tertiary/aromatic N) is 3. The van der Waals surface area contributed by atoms with Crippen LogP contribution in [0.1, 0.15) is 25.0 Å². The van der Waals surface area contributed by atoms with E-state index in [1.807, 2.05) is 68.5 Å². The quantitative estimate of drug-likeness (QED) is 0.524. The zero-order valence-electron chi connectivity index (χ0n) is 15.0. The van der Waals surface area contributed by atoms with Crippen LogP contribution in [-0.2, 0) is 0 Å². The molecule has 0 aliphatic carbocycles. The number of amidine groups is 1. The molecule has 2 aromatic carbocycles. The van der Waals surface area contributed by atoms with Gasteiger partial charge in [0.25, 0.3) is 0 Å². The minimum Gasteiger partial charge on any atom is -0.483 e. The SMILES string of the molecule is CC1(C)C=Cc2cc(/C(N)=N/C(N)=N/c3nc4ccccc4s3)ccc2O1. The summed E-state index contributed by atoms with van der Waals surface area (Å²) in [6, 6.07) is 13.5. The van der Waals surface area contributed by atoms with Gasteiger partial charge in [0, 0.05) is 11.1 Å². The van der Waals surface area contributed by atoms with Crippen LogP contribution >= 0.6 is 11.3 Å². The molecule has 4 rings (SSSR count). The summed E-state index contributed by atoms with van der Waals surface area (Å²) in [7, 11) is 0. The lowest BCUT2D eigenvalue weighted by molar-refractivity contribution is 0.159. The van der Waals surface area contributed by atoms with Gasteiger partial charge in [0.2, 0.25) is 11.1 Å². The largest absolute Gasteiger partial charge is 0.483 e. The highest BCUT2D eigenvalue weighted by Crippen LogP contribution is 2.31. The van der Waals surface area contributed by atoms with Crippen molar-refractivity contribution in [2.24, 2.45) is 21.5 Å².